The van der Waals surface area contributed by atoms with E-state index in [1.54, 1.807) is 12.1 Å². The molecule has 0 N–H and O–H groups in total. The van der Waals surface area contributed by atoms with Gasteiger partial charge < -0.3 is 9.42 Å². The Labute approximate surface area is 134 Å². The lowest BCUT2D eigenvalue weighted by Crippen LogP contribution is -2.48. The third-order valence-corrected chi connectivity index (χ3v) is 4.05. The summed E-state index contributed by atoms with van der Waals surface area (Å²) in [6.07, 6.45) is 0.321. The molecule has 1 aliphatic heterocycles. The number of hydrogen-bond donors (Lipinski definition) is 0. The molecule has 0 aliphatic carbocycles. The predicted molar refractivity (Wildman–Crippen MR) is 83.2 cm³/mol. The first-order valence-corrected chi connectivity index (χ1v) is 7.77. The van der Waals surface area contributed by atoms with Crippen molar-refractivity contribution in [3.05, 3.63) is 53.2 Å². The molecule has 2 aromatic rings. The van der Waals surface area contributed by atoms with Gasteiger partial charge in [0.1, 0.15) is 5.82 Å². The van der Waals surface area contributed by atoms with E-state index in [9.17, 15) is 9.18 Å². The Bertz CT molecular complexity index is 661. The van der Waals surface area contributed by atoms with E-state index < -0.39 is 0 Å². The molecular weight excluding hydrogens is 297 g/mol. The summed E-state index contributed by atoms with van der Waals surface area (Å²) in [5.41, 5.74) is 1.73. The zero-order chi connectivity index (χ0) is 16.2. The van der Waals surface area contributed by atoms with Crippen LogP contribution in [0.5, 0.6) is 0 Å². The molecule has 1 aromatic heterocycles. The smallest absolute Gasteiger partial charge is 0.227 e. The summed E-state index contributed by atoms with van der Waals surface area (Å²) in [5.74, 6) is 0.665. The van der Waals surface area contributed by atoms with Crippen molar-refractivity contribution in [1.29, 1.82) is 0 Å². The third kappa shape index (κ3) is 4.16. The van der Waals surface area contributed by atoms with Gasteiger partial charge in [0.2, 0.25) is 5.91 Å². The number of hydrogen-bond acceptors (Lipinski definition) is 4. The molecule has 2 heterocycles. The number of benzene rings is 1. The number of carbonyl (C=O) groups excluding carboxylic acids is 1. The number of aromatic nitrogens is 1. The van der Waals surface area contributed by atoms with E-state index >= 15 is 0 Å². The molecule has 6 heteroatoms. The standard InChI is InChI=1S/C17H20FN3O2/c1-13-10-16(23-19-13)12-20-6-8-21(9-7-20)17(22)11-14-2-4-15(18)5-3-14/h2-5,10H,6-9,11-12H2,1H3. The van der Waals surface area contributed by atoms with Crippen molar-refractivity contribution in [1.82, 2.24) is 15.0 Å². The molecule has 23 heavy (non-hydrogen) atoms. The Balaban J connectivity index is 1.48. The number of rotatable bonds is 4. The van der Waals surface area contributed by atoms with E-state index in [1.807, 2.05) is 17.9 Å². The maximum absolute atomic E-state index is 12.9. The van der Waals surface area contributed by atoms with Gasteiger partial charge in [-0.15, -0.1) is 0 Å². The molecule has 0 atom stereocenters. The minimum atomic E-state index is -0.280. The van der Waals surface area contributed by atoms with Gasteiger partial charge in [0, 0.05) is 32.2 Å². The number of amides is 1. The highest BCUT2D eigenvalue weighted by Gasteiger charge is 2.22. The first-order valence-electron chi connectivity index (χ1n) is 7.77. The first-order chi connectivity index (χ1) is 11.1. The average molecular weight is 317 g/mol. The van der Waals surface area contributed by atoms with Crippen LogP contribution in [0.1, 0.15) is 17.0 Å². The van der Waals surface area contributed by atoms with Crippen LogP contribution < -0.4 is 0 Å². The highest BCUT2D eigenvalue weighted by atomic mass is 19.1. The summed E-state index contributed by atoms with van der Waals surface area (Å²) in [5, 5.41) is 3.89. The van der Waals surface area contributed by atoms with Crippen molar-refractivity contribution in [3.63, 3.8) is 0 Å². The average Bonchev–Trinajstić information content (AvgIpc) is 2.95. The summed E-state index contributed by atoms with van der Waals surface area (Å²) >= 11 is 0. The molecule has 1 fully saturated rings. The van der Waals surface area contributed by atoms with Crippen LogP contribution in [0.3, 0.4) is 0 Å². The summed E-state index contributed by atoms with van der Waals surface area (Å²) in [7, 11) is 0. The van der Waals surface area contributed by atoms with Gasteiger partial charge in [-0.05, 0) is 24.6 Å². The van der Waals surface area contributed by atoms with Gasteiger partial charge in [0.25, 0.3) is 0 Å². The van der Waals surface area contributed by atoms with Crippen molar-refractivity contribution in [2.45, 2.75) is 19.9 Å². The number of aryl methyl sites for hydroxylation is 1. The largest absolute Gasteiger partial charge is 0.360 e. The third-order valence-electron chi connectivity index (χ3n) is 4.05. The Kier molecular flexibility index (Phi) is 4.71. The van der Waals surface area contributed by atoms with Crippen LogP contribution in [0.25, 0.3) is 0 Å². The molecule has 1 aromatic carbocycles. The second-order valence-electron chi connectivity index (χ2n) is 5.89. The molecule has 5 nitrogen and oxygen atoms in total. The highest BCUT2D eigenvalue weighted by Crippen LogP contribution is 2.11. The van der Waals surface area contributed by atoms with Crippen molar-refractivity contribution >= 4 is 5.91 Å². The lowest BCUT2D eigenvalue weighted by molar-refractivity contribution is -0.132. The fourth-order valence-corrected chi connectivity index (χ4v) is 2.76. The SMILES string of the molecule is Cc1cc(CN2CCN(C(=O)Cc3ccc(F)cc3)CC2)on1. The van der Waals surface area contributed by atoms with E-state index in [0.717, 1.165) is 36.7 Å². The van der Waals surface area contributed by atoms with Gasteiger partial charge in [-0.1, -0.05) is 17.3 Å². The predicted octanol–water partition coefficient (Wildman–Crippen LogP) is 2.01. The highest BCUT2D eigenvalue weighted by molar-refractivity contribution is 5.78. The van der Waals surface area contributed by atoms with Crippen LogP contribution in [0.15, 0.2) is 34.9 Å². The molecule has 0 saturated carbocycles. The van der Waals surface area contributed by atoms with E-state index in [2.05, 4.69) is 10.1 Å². The monoisotopic (exact) mass is 317 g/mol. The fourth-order valence-electron chi connectivity index (χ4n) is 2.76. The second kappa shape index (κ2) is 6.91. The molecule has 3 rings (SSSR count). The Morgan fingerprint density at radius 1 is 1.22 bits per heavy atom. The minimum absolute atomic E-state index is 0.0896. The minimum Gasteiger partial charge on any atom is -0.360 e. The first kappa shape index (κ1) is 15.7. The van der Waals surface area contributed by atoms with E-state index in [1.165, 1.54) is 12.1 Å². The van der Waals surface area contributed by atoms with Gasteiger partial charge >= 0.3 is 0 Å². The molecule has 0 spiro atoms. The lowest BCUT2D eigenvalue weighted by Gasteiger charge is -2.34. The van der Waals surface area contributed by atoms with Gasteiger partial charge in [0.15, 0.2) is 5.76 Å². The van der Waals surface area contributed by atoms with Crippen LogP contribution in [0, 0.1) is 12.7 Å². The van der Waals surface area contributed by atoms with Crippen molar-refractivity contribution in [3.8, 4) is 0 Å². The molecular formula is C17H20FN3O2. The lowest BCUT2D eigenvalue weighted by atomic mass is 10.1. The van der Waals surface area contributed by atoms with Crippen LogP contribution in [-0.4, -0.2) is 47.0 Å². The number of halogens is 1. The number of piperazine rings is 1. The van der Waals surface area contributed by atoms with Gasteiger partial charge in [0.05, 0.1) is 18.7 Å². The molecule has 1 aliphatic rings. The maximum atomic E-state index is 12.9. The van der Waals surface area contributed by atoms with E-state index in [0.29, 0.717) is 19.5 Å². The molecule has 0 unspecified atom stereocenters. The van der Waals surface area contributed by atoms with Crippen molar-refractivity contribution in [2.24, 2.45) is 0 Å². The van der Waals surface area contributed by atoms with Crippen LogP contribution in [0.4, 0.5) is 4.39 Å². The maximum Gasteiger partial charge on any atom is 0.227 e. The fraction of sp³-hybridized carbons (Fsp3) is 0.412. The van der Waals surface area contributed by atoms with Crippen LogP contribution in [0.2, 0.25) is 0 Å². The van der Waals surface area contributed by atoms with Crippen LogP contribution in [-0.2, 0) is 17.8 Å². The molecule has 1 amide bonds. The normalized spacial score (nSPS) is 15.8. The molecule has 0 bridgehead atoms. The van der Waals surface area contributed by atoms with Gasteiger partial charge in [-0.3, -0.25) is 9.69 Å². The summed E-state index contributed by atoms with van der Waals surface area (Å²) in [6, 6.07) is 8.04. The summed E-state index contributed by atoms with van der Waals surface area (Å²) in [6.45, 7) is 5.66. The van der Waals surface area contributed by atoms with Crippen molar-refractivity contribution < 1.29 is 13.7 Å². The molecule has 1 saturated heterocycles. The Hall–Kier alpha value is -2.21. The summed E-state index contributed by atoms with van der Waals surface area (Å²) < 4.78 is 18.1. The molecule has 122 valence electrons. The Morgan fingerprint density at radius 3 is 2.52 bits per heavy atom. The molecule has 0 radical (unpaired) electrons. The zero-order valence-electron chi connectivity index (χ0n) is 13.2. The second-order valence-corrected chi connectivity index (χ2v) is 5.89. The zero-order valence-corrected chi connectivity index (χ0v) is 13.2. The number of carbonyl (C=O) groups is 1. The van der Waals surface area contributed by atoms with E-state index in [-0.39, 0.29) is 11.7 Å². The van der Waals surface area contributed by atoms with Crippen molar-refractivity contribution in [2.75, 3.05) is 26.2 Å². The van der Waals surface area contributed by atoms with Crippen LogP contribution >= 0.6 is 0 Å². The Morgan fingerprint density at radius 2 is 1.91 bits per heavy atom. The topological polar surface area (TPSA) is 49.6 Å². The van der Waals surface area contributed by atoms with Gasteiger partial charge in [-0.25, -0.2) is 4.39 Å². The van der Waals surface area contributed by atoms with Gasteiger partial charge in [-0.2, -0.15) is 0 Å². The number of nitrogens with zero attached hydrogens (tertiary/aromatic N) is 3. The quantitative estimate of drug-likeness (QED) is 0.865. The summed E-state index contributed by atoms with van der Waals surface area (Å²) in [4.78, 5) is 16.4. The van der Waals surface area contributed by atoms with E-state index in [4.69, 9.17) is 4.52 Å².